The SMILES string of the molecule is CN1CCCCC1CCN1CCCC(N)c2ccccc21. The van der Waals surface area contributed by atoms with Crippen molar-refractivity contribution >= 4 is 5.69 Å². The molecule has 2 heterocycles. The first-order valence-electron chi connectivity index (χ1n) is 8.55. The number of para-hydroxylation sites is 1. The molecule has 2 aliphatic heterocycles. The molecule has 1 fully saturated rings. The Morgan fingerprint density at radius 2 is 1.95 bits per heavy atom. The average Bonchev–Trinajstić information content (AvgIpc) is 2.67. The summed E-state index contributed by atoms with van der Waals surface area (Å²) in [6.07, 6.45) is 7.73. The quantitative estimate of drug-likeness (QED) is 0.927. The molecular weight excluding hydrogens is 258 g/mol. The molecule has 0 spiro atoms. The van der Waals surface area contributed by atoms with Crippen LogP contribution in [0.3, 0.4) is 0 Å². The lowest BCUT2D eigenvalue weighted by Crippen LogP contribution is -2.39. The number of hydrogen-bond donors (Lipinski definition) is 1. The van der Waals surface area contributed by atoms with E-state index in [4.69, 9.17) is 5.73 Å². The molecule has 3 nitrogen and oxygen atoms in total. The molecule has 0 radical (unpaired) electrons. The predicted molar refractivity (Wildman–Crippen MR) is 89.7 cm³/mol. The number of likely N-dealkylation sites (tertiary alicyclic amines) is 1. The number of piperidine rings is 1. The molecule has 0 aromatic heterocycles. The van der Waals surface area contributed by atoms with E-state index < -0.39 is 0 Å². The molecule has 0 amide bonds. The minimum Gasteiger partial charge on any atom is -0.371 e. The first kappa shape index (κ1) is 14.9. The van der Waals surface area contributed by atoms with Crippen molar-refractivity contribution in [1.29, 1.82) is 0 Å². The highest BCUT2D eigenvalue weighted by atomic mass is 15.2. The Labute approximate surface area is 129 Å². The van der Waals surface area contributed by atoms with Crippen LogP contribution in [0.1, 0.15) is 50.1 Å². The molecule has 1 aromatic carbocycles. The maximum absolute atomic E-state index is 6.33. The molecular formula is C18H29N3. The number of benzene rings is 1. The molecule has 2 atom stereocenters. The maximum Gasteiger partial charge on any atom is 0.0414 e. The van der Waals surface area contributed by atoms with E-state index in [1.165, 1.54) is 56.4 Å². The molecule has 3 rings (SSSR count). The van der Waals surface area contributed by atoms with Gasteiger partial charge in [-0.1, -0.05) is 24.6 Å². The minimum absolute atomic E-state index is 0.212. The highest BCUT2D eigenvalue weighted by Crippen LogP contribution is 2.31. The Balaban J connectivity index is 1.68. The summed E-state index contributed by atoms with van der Waals surface area (Å²) in [4.78, 5) is 5.13. The summed E-state index contributed by atoms with van der Waals surface area (Å²) in [6, 6.07) is 9.72. The summed E-state index contributed by atoms with van der Waals surface area (Å²) in [7, 11) is 2.29. The van der Waals surface area contributed by atoms with E-state index in [1.807, 2.05) is 0 Å². The van der Waals surface area contributed by atoms with Gasteiger partial charge in [-0.15, -0.1) is 0 Å². The van der Waals surface area contributed by atoms with Crippen molar-refractivity contribution in [3.05, 3.63) is 29.8 Å². The van der Waals surface area contributed by atoms with E-state index in [2.05, 4.69) is 41.1 Å². The zero-order valence-electron chi connectivity index (χ0n) is 13.3. The molecule has 21 heavy (non-hydrogen) atoms. The van der Waals surface area contributed by atoms with Crippen LogP contribution in [-0.4, -0.2) is 37.6 Å². The molecule has 0 aliphatic carbocycles. The van der Waals surface area contributed by atoms with E-state index in [-0.39, 0.29) is 6.04 Å². The van der Waals surface area contributed by atoms with E-state index in [1.54, 1.807) is 0 Å². The molecule has 1 aromatic rings. The van der Waals surface area contributed by atoms with Crippen molar-refractivity contribution in [2.75, 3.05) is 31.6 Å². The number of fused-ring (bicyclic) bond motifs is 1. The molecule has 2 aliphatic rings. The Bertz CT molecular complexity index is 460. The molecule has 0 bridgehead atoms. The summed E-state index contributed by atoms with van der Waals surface area (Å²) in [5, 5.41) is 0. The summed E-state index contributed by atoms with van der Waals surface area (Å²) >= 11 is 0. The van der Waals surface area contributed by atoms with Crippen LogP contribution in [0.2, 0.25) is 0 Å². The Kier molecular flexibility index (Phi) is 4.81. The van der Waals surface area contributed by atoms with Crippen LogP contribution in [-0.2, 0) is 0 Å². The second-order valence-corrected chi connectivity index (χ2v) is 6.71. The molecule has 0 saturated carbocycles. The predicted octanol–water partition coefficient (Wildman–Crippen LogP) is 3.16. The average molecular weight is 287 g/mol. The summed E-state index contributed by atoms with van der Waals surface area (Å²) in [6.45, 7) is 3.59. The van der Waals surface area contributed by atoms with E-state index in [0.29, 0.717) is 0 Å². The molecule has 2 unspecified atom stereocenters. The van der Waals surface area contributed by atoms with E-state index in [0.717, 1.165) is 19.0 Å². The number of nitrogens with two attached hydrogens (primary N) is 1. The van der Waals surface area contributed by atoms with Crippen LogP contribution in [0.4, 0.5) is 5.69 Å². The third-order valence-electron chi connectivity index (χ3n) is 5.27. The fraction of sp³-hybridized carbons (Fsp3) is 0.667. The fourth-order valence-electron chi connectivity index (χ4n) is 3.91. The number of anilines is 1. The minimum atomic E-state index is 0.212. The molecule has 116 valence electrons. The van der Waals surface area contributed by atoms with Gasteiger partial charge in [0.2, 0.25) is 0 Å². The van der Waals surface area contributed by atoms with Crippen molar-refractivity contribution in [2.45, 2.75) is 50.6 Å². The molecule has 3 heteroatoms. The van der Waals surface area contributed by atoms with Gasteiger partial charge in [0.1, 0.15) is 0 Å². The van der Waals surface area contributed by atoms with E-state index in [9.17, 15) is 0 Å². The standard InChI is InChI=1S/C18H29N3/c1-20-12-5-4-7-15(20)11-14-21-13-6-9-17(19)16-8-2-3-10-18(16)21/h2-3,8,10,15,17H,4-7,9,11-14,19H2,1H3. The highest BCUT2D eigenvalue weighted by Gasteiger charge is 2.23. The van der Waals surface area contributed by atoms with Crippen LogP contribution in [0, 0.1) is 0 Å². The lowest BCUT2D eigenvalue weighted by molar-refractivity contribution is 0.177. The van der Waals surface area contributed by atoms with Crippen LogP contribution in [0.5, 0.6) is 0 Å². The fourth-order valence-corrected chi connectivity index (χ4v) is 3.91. The largest absolute Gasteiger partial charge is 0.371 e. The summed E-state index contributed by atoms with van der Waals surface area (Å²) in [5.74, 6) is 0. The van der Waals surface area contributed by atoms with Crippen molar-refractivity contribution in [3.63, 3.8) is 0 Å². The van der Waals surface area contributed by atoms with Gasteiger partial charge in [0.25, 0.3) is 0 Å². The van der Waals surface area contributed by atoms with Gasteiger partial charge in [-0.2, -0.15) is 0 Å². The van der Waals surface area contributed by atoms with Crippen molar-refractivity contribution in [2.24, 2.45) is 5.73 Å². The normalized spacial score (nSPS) is 27.2. The zero-order chi connectivity index (χ0) is 14.7. The monoisotopic (exact) mass is 287 g/mol. The lowest BCUT2D eigenvalue weighted by atomic mass is 9.99. The van der Waals surface area contributed by atoms with Gasteiger partial charge in [-0.05, 0) is 57.3 Å². The van der Waals surface area contributed by atoms with Crippen LogP contribution in [0.15, 0.2) is 24.3 Å². The van der Waals surface area contributed by atoms with Gasteiger partial charge in [0, 0.05) is 30.9 Å². The van der Waals surface area contributed by atoms with Gasteiger partial charge >= 0.3 is 0 Å². The van der Waals surface area contributed by atoms with E-state index >= 15 is 0 Å². The number of hydrogen-bond acceptors (Lipinski definition) is 3. The first-order chi connectivity index (χ1) is 10.3. The third kappa shape index (κ3) is 3.41. The first-order valence-corrected chi connectivity index (χ1v) is 8.55. The zero-order valence-corrected chi connectivity index (χ0v) is 13.3. The number of rotatable bonds is 3. The smallest absolute Gasteiger partial charge is 0.0414 e. The van der Waals surface area contributed by atoms with Gasteiger partial charge in [-0.3, -0.25) is 0 Å². The number of nitrogens with zero attached hydrogens (tertiary/aromatic N) is 2. The Morgan fingerprint density at radius 3 is 2.81 bits per heavy atom. The van der Waals surface area contributed by atoms with Gasteiger partial charge in [0.15, 0.2) is 0 Å². The van der Waals surface area contributed by atoms with Crippen molar-refractivity contribution in [1.82, 2.24) is 4.90 Å². The highest BCUT2D eigenvalue weighted by molar-refractivity contribution is 5.55. The van der Waals surface area contributed by atoms with Crippen LogP contribution in [0.25, 0.3) is 0 Å². The van der Waals surface area contributed by atoms with Gasteiger partial charge < -0.3 is 15.5 Å². The lowest BCUT2D eigenvalue weighted by Gasteiger charge is -2.35. The van der Waals surface area contributed by atoms with Crippen molar-refractivity contribution in [3.8, 4) is 0 Å². The second-order valence-electron chi connectivity index (χ2n) is 6.71. The van der Waals surface area contributed by atoms with Gasteiger partial charge in [0.05, 0.1) is 0 Å². The molecule has 1 saturated heterocycles. The molecule has 2 N–H and O–H groups in total. The topological polar surface area (TPSA) is 32.5 Å². The Morgan fingerprint density at radius 1 is 1.10 bits per heavy atom. The second kappa shape index (κ2) is 6.80. The van der Waals surface area contributed by atoms with Crippen LogP contribution < -0.4 is 10.6 Å². The summed E-state index contributed by atoms with van der Waals surface area (Å²) < 4.78 is 0. The maximum atomic E-state index is 6.33. The summed E-state index contributed by atoms with van der Waals surface area (Å²) in [5.41, 5.74) is 9.05. The van der Waals surface area contributed by atoms with Crippen molar-refractivity contribution < 1.29 is 0 Å². The van der Waals surface area contributed by atoms with Gasteiger partial charge in [-0.25, -0.2) is 0 Å². The van der Waals surface area contributed by atoms with Crippen LogP contribution >= 0.6 is 0 Å². The third-order valence-corrected chi connectivity index (χ3v) is 5.27. The Hall–Kier alpha value is -1.06.